The van der Waals surface area contributed by atoms with Gasteiger partial charge in [0.25, 0.3) is 0 Å². The third kappa shape index (κ3) is 3.78. The lowest BCUT2D eigenvalue weighted by atomic mass is 9.96. The highest BCUT2D eigenvalue weighted by Crippen LogP contribution is 2.37. The molecule has 1 aliphatic rings. The van der Waals surface area contributed by atoms with Gasteiger partial charge in [-0.05, 0) is 77.2 Å². The lowest BCUT2D eigenvalue weighted by molar-refractivity contribution is 0.282. The van der Waals surface area contributed by atoms with Gasteiger partial charge in [-0.3, -0.25) is 0 Å². The Hall–Kier alpha value is -5.12. The van der Waals surface area contributed by atoms with Gasteiger partial charge in [-0.25, -0.2) is 0 Å². The first-order valence-electron chi connectivity index (χ1n) is 14.5. The van der Waals surface area contributed by atoms with E-state index in [1.54, 1.807) is 0 Å². The van der Waals surface area contributed by atoms with E-state index in [-0.39, 0.29) is 12.6 Å². The van der Waals surface area contributed by atoms with E-state index in [2.05, 4.69) is 137 Å². The molecule has 2 aromatic heterocycles. The van der Waals surface area contributed by atoms with Crippen molar-refractivity contribution in [1.82, 2.24) is 9.13 Å². The van der Waals surface area contributed by atoms with E-state index in [0.717, 1.165) is 34.1 Å². The van der Waals surface area contributed by atoms with Gasteiger partial charge >= 0.3 is 0 Å². The second kappa shape index (κ2) is 9.76. The zero-order valence-electron chi connectivity index (χ0n) is 23.2. The second-order valence-corrected chi connectivity index (χ2v) is 11.1. The smallest absolute Gasteiger partial charge is 0.0682 e. The van der Waals surface area contributed by atoms with E-state index >= 15 is 0 Å². The SMILES string of the molecule is C=Cc1ccc2c(c1)c1ccccc1n2C1C=CC(c2ccc(-n3c4ccccc4c4cc(CO)ccc43)cc2)=CC1. The molecule has 0 spiro atoms. The first-order valence-corrected chi connectivity index (χ1v) is 14.5. The Bertz CT molecular complexity index is 2220. The Labute approximate surface area is 244 Å². The van der Waals surface area contributed by atoms with Crippen LogP contribution in [-0.4, -0.2) is 14.2 Å². The highest BCUT2D eigenvalue weighted by atomic mass is 16.3. The summed E-state index contributed by atoms with van der Waals surface area (Å²) in [6.45, 7) is 4.01. The fourth-order valence-corrected chi connectivity index (χ4v) is 6.72. The second-order valence-electron chi connectivity index (χ2n) is 11.1. The maximum absolute atomic E-state index is 9.71. The Morgan fingerprint density at radius 3 is 2.12 bits per heavy atom. The van der Waals surface area contributed by atoms with Crippen LogP contribution in [0.5, 0.6) is 0 Å². The quantitative estimate of drug-likeness (QED) is 0.231. The zero-order chi connectivity index (χ0) is 28.2. The summed E-state index contributed by atoms with van der Waals surface area (Å²) in [4.78, 5) is 0. The molecule has 42 heavy (non-hydrogen) atoms. The maximum atomic E-state index is 9.71. The minimum atomic E-state index is 0.0423. The molecule has 5 aromatic carbocycles. The van der Waals surface area contributed by atoms with Gasteiger partial charge in [-0.15, -0.1) is 0 Å². The Morgan fingerprint density at radius 2 is 1.38 bits per heavy atom. The van der Waals surface area contributed by atoms with Gasteiger partial charge < -0.3 is 14.2 Å². The van der Waals surface area contributed by atoms with E-state index in [1.807, 2.05) is 12.1 Å². The molecule has 0 radical (unpaired) electrons. The highest BCUT2D eigenvalue weighted by molar-refractivity contribution is 6.10. The molecule has 0 saturated carbocycles. The van der Waals surface area contributed by atoms with Gasteiger partial charge in [0.1, 0.15) is 0 Å². The van der Waals surface area contributed by atoms with Crippen LogP contribution in [0.15, 0.2) is 134 Å². The van der Waals surface area contributed by atoms with E-state index in [0.29, 0.717) is 0 Å². The van der Waals surface area contributed by atoms with E-state index < -0.39 is 0 Å². The maximum Gasteiger partial charge on any atom is 0.0682 e. The minimum absolute atomic E-state index is 0.0423. The highest BCUT2D eigenvalue weighted by Gasteiger charge is 2.19. The van der Waals surface area contributed by atoms with Crippen LogP contribution in [0.3, 0.4) is 0 Å². The minimum Gasteiger partial charge on any atom is -0.392 e. The van der Waals surface area contributed by atoms with Gasteiger partial charge in [0.05, 0.1) is 23.7 Å². The molecule has 0 amide bonds. The van der Waals surface area contributed by atoms with Crippen molar-refractivity contribution in [2.45, 2.75) is 19.1 Å². The van der Waals surface area contributed by atoms with Crippen molar-refractivity contribution in [2.24, 2.45) is 0 Å². The number of benzene rings is 5. The molecule has 1 unspecified atom stereocenters. The van der Waals surface area contributed by atoms with Crippen LogP contribution < -0.4 is 0 Å². The summed E-state index contributed by atoms with van der Waals surface area (Å²) in [5.41, 5.74) is 10.5. The lowest BCUT2D eigenvalue weighted by Gasteiger charge is -2.21. The zero-order valence-corrected chi connectivity index (χ0v) is 23.2. The molecule has 0 fully saturated rings. The van der Waals surface area contributed by atoms with Crippen molar-refractivity contribution in [3.63, 3.8) is 0 Å². The molecular weight excluding hydrogens is 512 g/mol. The molecule has 0 saturated heterocycles. The van der Waals surface area contributed by atoms with Gasteiger partial charge in [-0.2, -0.15) is 0 Å². The molecule has 8 rings (SSSR count). The van der Waals surface area contributed by atoms with Crippen LogP contribution in [0.25, 0.3) is 60.9 Å². The molecule has 3 heteroatoms. The van der Waals surface area contributed by atoms with Gasteiger partial charge in [0.15, 0.2) is 0 Å². The third-order valence-electron chi connectivity index (χ3n) is 8.76. The number of aliphatic hydroxyl groups excluding tert-OH is 1. The molecule has 1 N–H and O–H groups in total. The van der Waals surface area contributed by atoms with Crippen molar-refractivity contribution in [3.05, 3.63) is 151 Å². The fraction of sp³-hybridized carbons (Fsp3) is 0.0769. The standard InChI is InChI=1S/C39H30N2O/c1-2-26-11-21-38-34(23-26)32-7-3-5-9-36(32)40(38)30-17-13-28(14-18-30)29-15-19-31(20-16-29)41-37-10-6-4-8-33(37)35-24-27(25-42)12-22-39(35)41/h2-17,19-24,30,42H,1,18,25H2. The van der Waals surface area contributed by atoms with Gasteiger partial charge in [-0.1, -0.05) is 91.5 Å². The monoisotopic (exact) mass is 542 g/mol. The molecule has 202 valence electrons. The third-order valence-corrected chi connectivity index (χ3v) is 8.76. The van der Waals surface area contributed by atoms with Crippen LogP contribution in [0.1, 0.15) is 29.2 Å². The Kier molecular flexibility index (Phi) is 5.73. The molecule has 0 aliphatic heterocycles. The van der Waals surface area contributed by atoms with Gasteiger partial charge in [0, 0.05) is 38.3 Å². The van der Waals surface area contributed by atoms with Crippen LogP contribution >= 0.6 is 0 Å². The number of hydrogen-bond donors (Lipinski definition) is 1. The summed E-state index contributed by atoms with van der Waals surface area (Å²) in [7, 11) is 0. The van der Waals surface area contributed by atoms with E-state index in [9.17, 15) is 5.11 Å². The molecule has 0 bridgehead atoms. The lowest BCUT2D eigenvalue weighted by Crippen LogP contribution is -2.08. The topological polar surface area (TPSA) is 30.1 Å². The summed E-state index contributed by atoms with van der Waals surface area (Å²) in [6, 6.07) is 39.2. The largest absolute Gasteiger partial charge is 0.392 e. The van der Waals surface area contributed by atoms with Crippen molar-refractivity contribution in [3.8, 4) is 5.69 Å². The summed E-state index contributed by atoms with van der Waals surface area (Å²) < 4.78 is 4.80. The molecule has 3 nitrogen and oxygen atoms in total. The number of hydrogen-bond acceptors (Lipinski definition) is 1. The number of fused-ring (bicyclic) bond motifs is 6. The molecular formula is C39H30N2O. The number of para-hydroxylation sites is 2. The predicted octanol–water partition coefficient (Wildman–Crippen LogP) is 9.61. The first-order chi connectivity index (χ1) is 20.7. The number of allylic oxidation sites excluding steroid dienone is 4. The summed E-state index contributed by atoms with van der Waals surface area (Å²) in [5, 5.41) is 14.6. The number of aliphatic hydroxyl groups is 1. The summed E-state index contributed by atoms with van der Waals surface area (Å²) in [6.07, 6.45) is 9.85. The van der Waals surface area contributed by atoms with Gasteiger partial charge in [0.2, 0.25) is 0 Å². The molecule has 1 aliphatic carbocycles. The van der Waals surface area contributed by atoms with Crippen molar-refractivity contribution < 1.29 is 5.11 Å². The number of nitrogens with zero attached hydrogens (tertiary/aromatic N) is 2. The summed E-state index contributed by atoms with van der Waals surface area (Å²) >= 11 is 0. The van der Waals surface area contributed by atoms with Crippen molar-refractivity contribution in [2.75, 3.05) is 0 Å². The average molecular weight is 543 g/mol. The van der Waals surface area contributed by atoms with E-state index in [1.165, 1.54) is 43.8 Å². The normalized spacial score (nSPS) is 15.2. The number of aromatic nitrogens is 2. The molecule has 1 atom stereocenters. The Morgan fingerprint density at radius 1 is 0.714 bits per heavy atom. The first kappa shape index (κ1) is 24.7. The van der Waals surface area contributed by atoms with Crippen LogP contribution in [0, 0.1) is 0 Å². The van der Waals surface area contributed by atoms with Crippen LogP contribution in [-0.2, 0) is 6.61 Å². The van der Waals surface area contributed by atoms with Crippen molar-refractivity contribution >= 4 is 55.3 Å². The van der Waals surface area contributed by atoms with E-state index in [4.69, 9.17) is 0 Å². The average Bonchev–Trinajstić information content (AvgIpc) is 3.57. The Balaban J connectivity index is 1.13. The molecule has 2 heterocycles. The fourth-order valence-electron chi connectivity index (χ4n) is 6.72. The predicted molar refractivity (Wildman–Crippen MR) is 177 cm³/mol. The number of rotatable bonds is 5. The summed E-state index contributed by atoms with van der Waals surface area (Å²) in [5.74, 6) is 0. The van der Waals surface area contributed by atoms with Crippen LogP contribution in [0.2, 0.25) is 0 Å². The van der Waals surface area contributed by atoms with Crippen molar-refractivity contribution in [1.29, 1.82) is 0 Å². The van der Waals surface area contributed by atoms with Crippen LogP contribution in [0.4, 0.5) is 0 Å². The molecule has 7 aromatic rings.